The highest BCUT2D eigenvalue weighted by Crippen LogP contribution is 2.45. The van der Waals surface area contributed by atoms with Gasteiger partial charge in [0.15, 0.2) is 9.84 Å². The Hall–Kier alpha value is -1.15. The smallest absolute Gasteiger partial charge is 0.300 e. The van der Waals surface area contributed by atoms with E-state index in [0.717, 1.165) is 50.4 Å². The van der Waals surface area contributed by atoms with Crippen LogP contribution in [0.15, 0.2) is 18.3 Å². The summed E-state index contributed by atoms with van der Waals surface area (Å²) in [5.41, 5.74) is -0.0126. The first kappa shape index (κ1) is 17.3. The Balaban J connectivity index is 1.37. The molecule has 8 heteroatoms. The second kappa shape index (κ2) is 5.67. The van der Waals surface area contributed by atoms with Crippen LogP contribution in [0.5, 0.6) is 0 Å². The average Bonchev–Trinajstić information content (AvgIpc) is 3.12. The summed E-state index contributed by atoms with van der Waals surface area (Å²) >= 11 is 0. The van der Waals surface area contributed by atoms with Gasteiger partial charge in [0, 0.05) is 24.2 Å². The van der Waals surface area contributed by atoms with Crippen molar-refractivity contribution in [1.29, 1.82) is 0 Å². The molecule has 138 valence electrons. The fourth-order valence-corrected chi connectivity index (χ4v) is 7.07. The molecule has 2 atom stereocenters. The molecular weight excluding hydrogens is 353 g/mol. The van der Waals surface area contributed by atoms with E-state index in [2.05, 4.69) is 9.88 Å². The molecule has 3 fully saturated rings. The lowest BCUT2D eigenvalue weighted by molar-refractivity contribution is -0.141. The Morgan fingerprint density at radius 2 is 1.96 bits per heavy atom. The number of rotatable bonds is 2. The van der Waals surface area contributed by atoms with Crippen LogP contribution in [-0.4, -0.2) is 48.9 Å². The molecule has 2 saturated heterocycles. The van der Waals surface area contributed by atoms with Crippen molar-refractivity contribution < 1.29 is 21.6 Å². The summed E-state index contributed by atoms with van der Waals surface area (Å²) in [6.07, 6.45) is 0.767. The van der Waals surface area contributed by atoms with Crippen molar-refractivity contribution in [2.75, 3.05) is 24.6 Å². The largest absolute Gasteiger partial charge is 0.433 e. The normalized spacial score (nSPS) is 31.3. The lowest BCUT2D eigenvalue weighted by Crippen LogP contribution is -2.50. The first-order valence-electron chi connectivity index (χ1n) is 8.64. The molecule has 0 unspecified atom stereocenters. The van der Waals surface area contributed by atoms with Crippen LogP contribution in [0.4, 0.5) is 13.2 Å². The van der Waals surface area contributed by atoms with E-state index in [-0.39, 0.29) is 11.3 Å². The first-order valence-corrected chi connectivity index (χ1v) is 10.5. The number of hydrogen-bond donors (Lipinski definition) is 0. The standard InChI is InChI=1S/C17H21F3N2O2S/c18-17(19,20)15-4-2-13(8-21-15)12-1-3-14(7-12)22-6-5-16(9-22)10-25(23,24)11-16/h2,4,8,12,14H,1,3,5-7,9-11H2/t12-,14+/m0/s1. The van der Waals surface area contributed by atoms with Crippen molar-refractivity contribution >= 4 is 9.84 Å². The number of hydrogen-bond acceptors (Lipinski definition) is 4. The van der Waals surface area contributed by atoms with Gasteiger partial charge in [0.05, 0.1) is 11.5 Å². The van der Waals surface area contributed by atoms with Gasteiger partial charge in [0.25, 0.3) is 0 Å². The molecule has 0 radical (unpaired) electrons. The summed E-state index contributed by atoms with van der Waals surface area (Å²) in [6.45, 7) is 1.77. The predicted molar refractivity (Wildman–Crippen MR) is 86.9 cm³/mol. The van der Waals surface area contributed by atoms with Crippen LogP contribution in [0.2, 0.25) is 0 Å². The summed E-state index contributed by atoms with van der Waals surface area (Å²) < 4.78 is 60.9. The van der Waals surface area contributed by atoms with E-state index in [1.54, 1.807) is 6.07 Å². The molecule has 0 aromatic carbocycles. The molecule has 3 heterocycles. The second-order valence-corrected chi connectivity index (χ2v) is 9.96. The van der Waals surface area contributed by atoms with E-state index in [1.165, 1.54) is 6.20 Å². The van der Waals surface area contributed by atoms with Crippen molar-refractivity contribution in [2.45, 2.75) is 43.8 Å². The molecule has 1 saturated carbocycles. The number of likely N-dealkylation sites (tertiary alicyclic amines) is 1. The Bertz CT molecular complexity index is 749. The highest BCUT2D eigenvalue weighted by molar-refractivity contribution is 7.92. The number of alkyl halides is 3. The fraction of sp³-hybridized carbons (Fsp3) is 0.706. The van der Waals surface area contributed by atoms with Gasteiger partial charge < -0.3 is 0 Å². The van der Waals surface area contributed by atoms with E-state index >= 15 is 0 Å². The molecule has 0 amide bonds. The summed E-state index contributed by atoms with van der Waals surface area (Å²) in [5.74, 6) is 0.867. The van der Waals surface area contributed by atoms with Crippen LogP contribution >= 0.6 is 0 Å². The van der Waals surface area contributed by atoms with Crippen LogP contribution in [0.1, 0.15) is 42.9 Å². The number of halogens is 3. The maximum Gasteiger partial charge on any atom is 0.433 e. The topological polar surface area (TPSA) is 50.3 Å². The first-order chi connectivity index (χ1) is 11.7. The number of nitrogens with zero attached hydrogens (tertiary/aromatic N) is 2. The van der Waals surface area contributed by atoms with Gasteiger partial charge in [-0.05, 0) is 49.8 Å². The van der Waals surface area contributed by atoms with E-state index in [9.17, 15) is 21.6 Å². The molecule has 1 aromatic heterocycles. The van der Waals surface area contributed by atoms with Crippen LogP contribution < -0.4 is 0 Å². The number of aromatic nitrogens is 1. The molecule has 1 aromatic rings. The summed E-state index contributed by atoms with van der Waals surface area (Å²) in [5, 5.41) is 0. The van der Waals surface area contributed by atoms with E-state index in [1.807, 2.05) is 0 Å². The molecule has 1 spiro atoms. The number of pyridine rings is 1. The molecule has 0 N–H and O–H groups in total. The van der Waals surface area contributed by atoms with Gasteiger partial charge in [-0.25, -0.2) is 8.42 Å². The third-order valence-electron chi connectivity index (χ3n) is 5.99. The van der Waals surface area contributed by atoms with Gasteiger partial charge in [-0.1, -0.05) is 6.07 Å². The quantitative estimate of drug-likeness (QED) is 0.799. The molecule has 3 aliphatic rings. The van der Waals surface area contributed by atoms with Crippen molar-refractivity contribution in [3.63, 3.8) is 0 Å². The van der Waals surface area contributed by atoms with Crippen LogP contribution in [0.3, 0.4) is 0 Å². The molecule has 2 aliphatic heterocycles. The fourth-order valence-electron chi connectivity index (χ4n) is 4.81. The molecule has 1 aliphatic carbocycles. The molecule has 4 rings (SSSR count). The van der Waals surface area contributed by atoms with Gasteiger partial charge in [0.2, 0.25) is 0 Å². The highest BCUT2D eigenvalue weighted by atomic mass is 32.2. The summed E-state index contributed by atoms with van der Waals surface area (Å²) in [4.78, 5) is 5.97. The Morgan fingerprint density at radius 1 is 1.20 bits per heavy atom. The Labute approximate surface area is 145 Å². The summed E-state index contributed by atoms with van der Waals surface area (Å²) in [6, 6.07) is 3.01. The monoisotopic (exact) mass is 374 g/mol. The minimum absolute atomic E-state index is 0.0349. The van der Waals surface area contributed by atoms with Crippen LogP contribution in [0, 0.1) is 5.41 Å². The molecule has 0 bridgehead atoms. The minimum Gasteiger partial charge on any atom is -0.300 e. The summed E-state index contributed by atoms with van der Waals surface area (Å²) in [7, 11) is -2.82. The minimum atomic E-state index is -4.40. The zero-order chi connectivity index (χ0) is 17.9. The van der Waals surface area contributed by atoms with Crippen molar-refractivity contribution in [2.24, 2.45) is 5.41 Å². The second-order valence-electron chi connectivity index (χ2n) is 7.89. The van der Waals surface area contributed by atoms with Gasteiger partial charge in [-0.2, -0.15) is 13.2 Å². The Kier molecular flexibility index (Phi) is 3.92. The highest BCUT2D eigenvalue weighted by Gasteiger charge is 2.53. The van der Waals surface area contributed by atoms with Crippen molar-refractivity contribution in [3.8, 4) is 0 Å². The van der Waals surface area contributed by atoms with E-state index in [4.69, 9.17) is 0 Å². The Morgan fingerprint density at radius 3 is 2.56 bits per heavy atom. The lowest BCUT2D eigenvalue weighted by atomic mass is 9.91. The van der Waals surface area contributed by atoms with Crippen molar-refractivity contribution in [1.82, 2.24) is 9.88 Å². The zero-order valence-corrected chi connectivity index (χ0v) is 14.6. The molecule has 25 heavy (non-hydrogen) atoms. The molecular formula is C17H21F3N2O2S. The van der Waals surface area contributed by atoms with Gasteiger partial charge >= 0.3 is 6.18 Å². The maximum atomic E-state index is 12.6. The third kappa shape index (κ3) is 3.30. The molecule has 4 nitrogen and oxygen atoms in total. The maximum absolute atomic E-state index is 12.6. The SMILES string of the molecule is O=S1(=O)CC2(CCN([C@@H]3CC[C@H](c4ccc(C(F)(F)F)nc4)C3)C2)C1. The average molecular weight is 374 g/mol. The van der Waals surface area contributed by atoms with E-state index < -0.39 is 21.7 Å². The van der Waals surface area contributed by atoms with Crippen LogP contribution in [-0.2, 0) is 16.0 Å². The van der Waals surface area contributed by atoms with Gasteiger partial charge in [-0.15, -0.1) is 0 Å². The zero-order valence-electron chi connectivity index (χ0n) is 13.8. The van der Waals surface area contributed by atoms with Gasteiger partial charge in [-0.3, -0.25) is 9.88 Å². The van der Waals surface area contributed by atoms with E-state index in [0.29, 0.717) is 17.5 Å². The lowest BCUT2D eigenvalue weighted by Gasteiger charge is -2.38. The predicted octanol–water partition coefficient (Wildman–Crippen LogP) is 2.86. The van der Waals surface area contributed by atoms with Crippen LogP contribution in [0.25, 0.3) is 0 Å². The number of sulfone groups is 1. The van der Waals surface area contributed by atoms with Crippen molar-refractivity contribution in [3.05, 3.63) is 29.6 Å². The van der Waals surface area contributed by atoms with Gasteiger partial charge in [0.1, 0.15) is 5.69 Å². The third-order valence-corrected chi connectivity index (χ3v) is 8.09.